The van der Waals surface area contributed by atoms with Gasteiger partial charge in [-0.1, -0.05) is 26.0 Å². The van der Waals surface area contributed by atoms with Crippen LogP contribution in [-0.2, 0) is 9.59 Å². The number of carbonyl (C=O) groups excluding carboxylic acids is 2. The second kappa shape index (κ2) is 7.37. The summed E-state index contributed by atoms with van der Waals surface area (Å²) in [4.78, 5) is 25.2. The zero-order chi connectivity index (χ0) is 17.0. The molecule has 1 heterocycles. The van der Waals surface area contributed by atoms with E-state index in [1.54, 1.807) is 13.0 Å². The summed E-state index contributed by atoms with van der Waals surface area (Å²) in [6, 6.07) is 7.63. The van der Waals surface area contributed by atoms with Gasteiger partial charge in [0.15, 0.2) is 0 Å². The first-order chi connectivity index (χ1) is 10.9. The molecule has 0 unspecified atom stereocenters. The van der Waals surface area contributed by atoms with Crippen molar-refractivity contribution < 1.29 is 14.0 Å². The Labute approximate surface area is 138 Å². The zero-order valence-corrected chi connectivity index (χ0v) is 14.0. The highest BCUT2D eigenvalue weighted by atomic mass is 32.1. The molecule has 4 nitrogen and oxygen atoms in total. The van der Waals surface area contributed by atoms with Crippen LogP contribution in [0.25, 0.3) is 0 Å². The summed E-state index contributed by atoms with van der Waals surface area (Å²) in [5, 5.41) is 7.12. The number of anilines is 1. The fourth-order valence-corrected chi connectivity index (χ4v) is 3.10. The Hall–Kier alpha value is -2.21. The van der Waals surface area contributed by atoms with Gasteiger partial charge in [0.2, 0.25) is 0 Å². The number of hydrogen-bond acceptors (Lipinski definition) is 3. The molecule has 0 radical (unpaired) electrons. The molecule has 23 heavy (non-hydrogen) atoms. The highest BCUT2D eigenvalue weighted by molar-refractivity contribution is 7.10. The maximum Gasteiger partial charge on any atom is 0.313 e. The van der Waals surface area contributed by atoms with Crippen molar-refractivity contribution in [2.24, 2.45) is 5.92 Å². The number of hydrogen-bond donors (Lipinski definition) is 2. The summed E-state index contributed by atoms with van der Waals surface area (Å²) >= 11 is 1.53. The number of carbonyl (C=O) groups is 2. The lowest BCUT2D eigenvalue weighted by atomic mass is 10.0. The standard InChI is InChI=1S/C17H19FN2O2S/c1-10(2)15(14-5-4-8-23-14)20-17(22)16(21)19-13-9-12(18)7-6-11(13)3/h4-10,15H,1-3H3,(H,19,21)(H,20,22)/t15-/m0/s1. The molecule has 2 amide bonds. The summed E-state index contributed by atoms with van der Waals surface area (Å²) in [5.41, 5.74) is 0.980. The molecule has 0 aliphatic carbocycles. The van der Waals surface area contributed by atoms with E-state index >= 15 is 0 Å². The van der Waals surface area contributed by atoms with E-state index in [9.17, 15) is 14.0 Å². The van der Waals surface area contributed by atoms with E-state index in [2.05, 4.69) is 10.6 Å². The Kier molecular flexibility index (Phi) is 5.50. The lowest BCUT2D eigenvalue weighted by Crippen LogP contribution is -2.39. The normalized spacial score (nSPS) is 12.0. The Balaban J connectivity index is 2.07. The second-order valence-electron chi connectivity index (χ2n) is 5.62. The third-order valence-electron chi connectivity index (χ3n) is 3.46. The van der Waals surface area contributed by atoms with Crippen LogP contribution in [-0.4, -0.2) is 11.8 Å². The van der Waals surface area contributed by atoms with E-state index in [4.69, 9.17) is 0 Å². The van der Waals surface area contributed by atoms with Crippen LogP contribution in [0.3, 0.4) is 0 Å². The SMILES string of the molecule is Cc1ccc(F)cc1NC(=O)C(=O)N[C@H](c1cccs1)C(C)C. The minimum Gasteiger partial charge on any atom is -0.340 e. The highest BCUT2D eigenvalue weighted by Gasteiger charge is 2.23. The van der Waals surface area contributed by atoms with Crippen LogP contribution >= 0.6 is 11.3 Å². The Bertz CT molecular complexity index is 699. The number of rotatable bonds is 4. The lowest BCUT2D eigenvalue weighted by molar-refractivity contribution is -0.136. The van der Waals surface area contributed by atoms with Gasteiger partial charge >= 0.3 is 11.8 Å². The molecule has 122 valence electrons. The highest BCUT2D eigenvalue weighted by Crippen LogP contribution is 2.25. The van der Waals surface area contributed by atoms with Crippen LogP contribution in [0.15, 0.2) is 35.7 Å². The minimum absolute atomic E-state index is 0.140. The Morgan fingerprint density at radius 3 is 2.52 bits per heavy atom. The van der Waals surface area contributed by atoms with Crippen molar-refractivity contribution in [1.29, 1.82) is 0 Å². The van der Waals surface area contributed by atoms with E-state index in [-0.39, 0.29) is 12.0 Å². The molecule has 1 aromatic carbocycles. The number of thiophene rings is 1. The van der Waals surface area contributed by atoms with Gasteiger partial charge in [-0.3, -0.25) is 9.59 Å². The fraction of sp³-hybridized carbons (Fsp3) is 0.294. The van der Waals surface area contributed by atoms with E-state index in [0.29, 0.717) is 11.3 Å². The maximum absolute atomic E-state index is 13.3. The average Bonchev–Trinajstić information content (AvgIpc) is 3.01. The first-order valence-corrected chi connectivity index (χ1v) is 8.18. The van der Waals surface area contributed by atoms with Gasteiger partial charge in [-0.25, -0.2) is 4.39 Å². The Morgan fingerprint density at radius 2 is 1.91 bits per heavy atom. The van der Waals surface area contributed by atoms with Gasteiger partial charge in [-0.2, -0.15) is 0 Å². The first kappa shape index (κ1) is 17.1. The van der Waals surface area contributed by atoms with Crippen molar-refractivity contribution in [3.63, 3.8) is 0 Å². The molecule has 1 aromatic heterocycles. The molecule has 0 aliphatic heterocycles. The number of nitrogens with one attached hydrogen (secondary N) is 2. The number of aryl methyl sites for hydroxylation is 1. The Morgan fingerprint density at radius 1 is 1.17 bits per heavy atom. The lowest BCUT2D eigenvalue weighted by Gasteiger charge is -2.21. The number of halogens is 1. The topological polar surface area (TPSA) is 58.2 Å². The molecule has 0 fully saturated rings. The van der Waals surface area contributed by atoms with E-state index in [1.807, 2.05) is 31.4 Å². The van der Waals surface area contributed by atoms with E-state index in [0.717, 1.165) is 4.88 Å². The van der Waals surface area contributed by atoms with Crippen LogP contribution in [0.5, 0.6) is 0 Å². The summed E-state index contributed by atoms with van der Waals surface area (Å²) < 4.78 is 13.3. The largest absolute Gasteiger partial charge is 0.340 e. The van der Waals surface area contributed by atoms with Crippen LogP contribution in [0.2, 0.25) is 0 Å². The van der Waals surface area contributed by atoms with Crippen LogP contribution < -0.4 is 10.6 Å². The number of amides is 2. The molecule has 0 bridgehead atoms. The molecule has 0 aliphatic rings. The summed E-state index contributed by atoms with van der Waals surface area (Å²) in [7, 11) is 0. The van der Waals surface area contributed by atoms with E-state index < -0.39 is 17.6 Å². The van der Waals surface area contributed by atoms with Gasteiger partial charge < -0.3 is 10.6 Å². The third-order valence-corrected chi connectivity index (χ3v) is 4.41. The van der Waals surface area contributed by atoms with Crippen LogP contribution in [0, 0.1) is 18.7 Å². The monoisotopic (exact) mass is 334 g/mol. The molecule has 0 saturated heterocycles. The van der Waals surface area contributed by atoms with Gasteiger partial charge in [0.25, 0.3) is 0 Å². The molecule has 2 rings (SSSR count). The zero-order valence-electron chi connectivity index (χ0n) is 13.2. The van der Waals surface area contributed by atoms with Crippen molar-refractivity contribution in [2.45, 2.75) is 26.8 Å². The van der Waals surface area contributed by atoms with E-state index in [1.165, 1.54) is 23.5 Å². The van der Waals surface area contributed by atoms with Gasteiger partial charge in [0.1, 0.15) is 5.82 Å². The second-order valence-corrected chi connectivity index (χ2v) is 6.60. The van der Waals surface area contributed by atoms with Gasteiger partial charge in [0, 0.05) is 10.6 Å². The molecular formula is C17H19FN2O2S. The molecule has 2 N–H and O–H groups in total. The molecule has 2 aromatic rings. The maximum atomic E-state index is 13.3. The smallest absolute Gasteiger partial charge is 0.313 e. The van der Waals surface area contributed by atoms with Crippen molar-refractivity contribution in [1.82, 2.24) is 5.32 Å². The predicted molar refractivity (Wildman–Crippen MR) is 89.8 cm³/mol. The van der Waals surface area contributed by atoms with Crippen molar-refractivity contribution >= 4 is 28.8 Å². The summed E-state index contributed by atoms with van der Waals surface area (Å²) in [6.45, 7) is 5.67. The molecule has 1 atom stereocenters. The molecule has 6 heteroatoms. The molecule has 0 saturated carbocycles. The van der Waals surface area contributed by atoms with Crippen molar-refractivity contribution in [2.75, 3.05) is 5.32 Å². The van der Waals surface area contributed by atoms with Crippen molar-refractivity contribution in [3.05, 3.63) is 52.0 Å². The minimum atomic E-state index is -0.805. The van der Waals surface area contributed by atoms with Gasteiger partial charge in [-0.05, 0) is 42.0 Å². The van der Waals surface area contributed by atoms with Crippen LogP contribution in [0.1, 0.15) is 30.3 Å². The fourth-order valence-electron chi connectivity index (χ4n) is 2.15. The average molecular weight is 334 g/mol. The van der Waals surface area contributed by atoms with Gasteiger partial charge in [0.05, 0.1) is 6.04 Å². The quantitative estimate of drug-likeness (QED) is 0.839. The third kappa shape index (κ3) is 4.39. The first-order valence-electron chi connectivity index (χ1n) is 7.30. The summed E-state index contributed by atoms with van der Waals surface area (Å²) in [5.74, 6) is -1.87. The molecule has 0 spiro atoms. The summed E-state index contributed by atoms with van der Waals surface area (Å²) in [6.07, 6.45) is 0. The predicted octanol–water partition coefficient (Wildman–Crippen LogP) is 3.65. The molecular weight excluding hydrogens is 315 g/mol. The van der Waals surface area contributed by atoms with Gasteiger partial charge in [-0.15, -0.1) is 11.3 Å². The number of benzene rings is 1. The van der Waals surface area contributed by atoms with Crippen LogP contribution in [0.4, 0.5) is 10.1 Å². The van der Waals surface area contributed by atoms with Crippen molar-refractivity contribution in [3.8, 4) is 0 Å².